The highest BCUT2D eigenvalue weighted by Gasteiger charge is 2.05. The van der Waals surface area contributed by atoms with Gasteiger partial charge in [-0.25, -0.2) is 4.98 Å². The van der Waals surface area contributed by atoms with Crippen LogP contribution in [0.25, 0.3) is 0 Å². The average Bonchev–Trinajstić information content (AvgIpc) is 2.18. The maximum absolute atomic E-state index is 9.16. The first-order valence-electron chi connectivity index (χ1n) is 4.92. The van der Waals surface area contributed by atoms with Crippen LogP contribution in [-0.2, 0) is 0 Å². The predicted molar refractivity (Wildman–Crippen MR) is 62.6 cm³/mol. The third-order valence-electron chi connectivity index (χ3n) is 2.22. The molecule has 5 heteroatoms. The Balaban J connectivity index is 2.65. The summed E-state index contributed by atoms with van der Waals surface area (Å²) in [6.45, 7) is 2.49. The average molecular weight is 210 g/mol. The second-order valence-electron chi connectivity index (χ2n) is 3.70. The highest BCUT2D eigenvalue weighted by molar-refractivity contribution is 5.61. The molecule has 0 fully saturated rings. The molecule has 0 radical (unpaired) electrons. The molecule has 0 aliphatic heterocycles. The first kappa shape index (κ1) is 11.6. The number of aromatic nitrogens is 1. The fraction of sp³-hybridized carbons (Fsp3) is 0.500. The van der Waals surface area contributed by atoms with Gasteiger partial charge in [-0.1, -0.05) is 0 Å². The quantitative estimate of drug-likeness (QED) is 0.671. The summed E-state index contributed by atoms with van der Waals surface area (Å²) in [4.78, 5) is 6.08. The maximum atomic E-state index is 9.16. The van der Waals surface area contributed by atoms with Crippen LogP contribution in [0.1, 0.15) is 13.3 Å². The molecule has 0 bridgehead atoms. The summed E-state index contributed by atoms with van der Waals surface area (Å²) < 4.78 is 0. The zero-order valence-electron chi connectivity index (χ0n) is 9.14. The maximum Gasteiger partial charge on any atom is 0.149 e. The standard InChI is InChI=1S/C10H18N4O/c1-7(15)5-6-14(2)9-4-3-8(11)10(12)13-9/h3-4,7,15H,5-6,11H2,1-2H3,(H2,12,13). The lowest BCUT2D eigenvalue weighted by Crippen LogP contribution is -2.23. The van der Waals surface area contributed by atoms with E-state index < -0.39 is 0 Å². The molecule has 0 amide bonds. The van der Waals surface area contributed by atoms with Crippen molar-refractivity contribution < 1.29 is 5.11 Å². The van der Waals surface area contributed by atoms with E-state index in [0.29, 0.717) is 17.9 Å². The first-order chi connectivity index (χ1) is 7.00. The zero-order valence-corrected chi connectivity index (χ0v) is 9.14. The zero-order chi connectivity index (χ0) is 11.4. The van der Waals surface area contributed by atoms with Crippen LogP contribution in [-0.4, -0.2) is 29.8 Å². The summed E-state index contributed by atoms with van der Waals surface area (Å²) in [6, 6.07) is 3.55. The number of aliphatic hydroxyl groups excluding tert-OH is 1. The van der Waals surface area contributed by atoms with Gasteiger partial charge in [0.05, 0.1) is 11.8 Å². The van der Waals surface area contributed by atoms with Crippen LogP contribution < -0.4 is 16.4 Å². The second-order valence-corrected chi connectivity index (χ2v) is 3.70. The van der Waals surface area contributed by atoms with E-state index in [9.17, 15) is 0 Å². The summed E-state index contributed by atoms with van der Waals surface area (Å²) in [6.07, 6.45) is 0.390. The summed E-state index contributed by atoms with van der Waals surface area (Å²) in [7, 11) is 1.90. The van der Waals surface area contributed by atoms with Gasteiger partial charge in [0, 0.05) is 13.6 Å². The third-order valence-corrected chi connectivity index (χ3v) is 2.22. The van der Waals surface area contributed by atoms with E-state index in [4.69, 9.17) is 16.6 Å². The first-order valence-corrected chi connectivity index (χ1v) is 4.92. The number of hydrogen-bond acceptors (Lipinski definition) is 5. The fourth-order valence-corrected chi connectivity index (χ4v) is 1.18. The molecule has 0 saturated heterocycles. The lowest BCUT2D eigenvalue weighted by atomic mass is 10.2. The molecule has 1 heterocycles. The van der Waals surface area contributed by atoms with Crippen LogP contribution in [0.5, 0.6) is 0 Å². The molecule has 0 saturated carbocycles. The predicted octanol–water partition coefficient (Wildman–Crippen LogP) is 0.453. The second kappa shape index (κ2) is 4.84. The van der Waals surface area contributed by atoms with Gasteiger partial charge in [0.1, 0.15) is 11.6 Å². The molecule has 5 nitrogen and oxygen atoms in total. The normalized spacial score (nSPS) is 12.5. The van der Waals surface area contributed by atoms with Crippen LogP contribution in [0.4, 0.5) is 17.3 Å². The minimum atomic E-state index is -0.307. The van der Waals surface area contributed by atoms with E-state index in [0.717, 1.165) is 12.4 Å². The van der Waals surface area contributed by atoms with Crippen molar-refractivity contribution in [1.29, 1.82) is 0 Å². The fourth-order valence-electron chi connectivity index (χ4n) is 1.18. The summed E-state index contributed by atoms with van der Waals surface area (Å²) in [5, 5.41) is 9.16. The molecule has 1 rings (SSSR count). The molecule has 0 aliphatic rings. The van der Waals surface area contributed by atoms with Gasteiger partial charge in [0.15, 0.2) is 0 Å². The molecule has 1 unspecified atom stereocenters. The van der Waals surface area contributed by atoms with Crippen molar-refractivity contribution in [3.63, 3.8) is 0 Å². The van der Waals surface area contributed by atoms with Gasteiger partial charge in [-0.3, -0.25) is 0 Å². The van der Waals surface area contributed by atoms with Gasteiger partial charge in [0.2, 0.25) is 0 Å². The summed E-state index contributed by atoms with van der Waals surface area (Å²) >= 11 is 0. The molecule has 1 aromatic heterocycles. The minimum Gasteiger partial charge on any atom is -0.396 e. The smallest absolute Gasteiger partial charge is 0.149 e. The Morgan fingerprint density at radius 2 is 2.13 bits per heavy atom. The van der Waals surface area contributed by atoms with Gasteiger partial charge in [0.25, 0.3) is 0 Å². The van der Waals surface area contributed by atoms with E-state index >= 15 is 0 Å². The molecule has 1 atom stereocenters. The van der Waals surface area contributed by atoms with Crippen molar-refractivity contribution >= 4 is 17.3 Å². The number of nitrogen functional groups attached to an aromatic ring is 2. The lowest BCUT2D eigenvalue weighted by Gasteiger charge is -2.19. The number of anilines is 3. The summed E-state index contributed by atoms with van der Waals surface area (Å²) in [5.41, 5.74) is 11.7. The number of rotatable bonds is 4. The Labute approximate surface area is 89.7 Å². The van der Waals surface area contributed by atoms with E-state index in [2.05, 4.69) is 4.98 Å². The van der Waals surface area contributed by atoms with Crippen LogP contribution in [0.2, 0.25) is 0 Å². The molecule has 15 heavy (non-hydrogen) atoms. The molecule has 0 aromatic carbocycles. The van der Waals surface area contributed by atoms with Gasteiger partial charge in [-0.15, -0.1) is 0 Å². The SMILES string of the molecule is CC(O)CCN(C)c1ccc(N)c(N)n1. The molecular formula is C10H18N4O. The largest absolute Gasteiger partial charge is 0.396 e. The number of hydrogen-bond donors (Lipinski definition) is 3. The van der Waals surface area contributed by atoms with Crippen molar-refractivity contribution in [3.05, 3.63) is 12.1 Å². The van der Waals surface area contributed by atoms with Crippen molar-refractivity contribution in [2.75, 3.05) is 30.0 Å². The molecule has 1 aromatic rings. The Kier molecular flexibility index (Phi) is 3.74. The van der Waals surface area contributed by atoms with Crippen molar-refractivity contribution in [3.8, 4) is 0 Å². The van der Waals surface area contributed by atoms with E-state index in [1.807, 2.05) is 18.0 Å². The lowest BCUT2D eigenvalue weighted by molar-refractivity contribution is 0.187. The van der Waals surface area contributed by atoms with Crippen molar-refractivity contribution in [1.82, 2.24) is 4.98 Å². The van der Waals surface area contributed by atoms with Gasteiger partial charge >= 0.3 is 0 Å². The van der Waals surface area contributed by atoms with Crippen LogP contribution in [0, 0.1) is 0 Å². The number of nitrogens with zero attached hydrogens (tertiary/aromatic N) is 2. The number of aliphatic hydroxyl groups is 1. The molecule has 84 valence electrons. The van der Waals surface area contributed by atoms with Crippen molar-refractivity contribution in [2.24, 2.45) is 0 Å². The Morgan fingerprint density at radius 3 is 2.67 bits per heavy atom. The minimum absolute atomic E-state index is 0.307. The Hall–Kier alpha value is -1.49. The highest BCUT2D eigenvalue weighted by Crippen LogP contribution is 2.17. The topological polar surface area (TPSA) is 88.4 Å². The van der Waals surface area contributed by atoms with Gasteiger partial charge < -0.3 is 21.5 Å². The number of pyridine rings is 1. The Bertz CT molecular complexity index is 327. The van der Waals surface area contributed by atoms with Crippen molar-refractivity contribution in [2.45, 2.75) is 19.4 Å². The monoisotopic (exact) mass is 210 g/mol. The van der Waals surface area contributed by atoms with Crippen LogP contribution in [0.15, 0.2) is 12.1 Å². The molecular weight excluding hydrogens is 192 g/mol. The van der Waals surface area contributed by atoms with E-state index in [1.165, 1.54) is 0 Å². The molecule has 0 aliphatic carbocycles. The number of nitrogens with two attached hydrogens (primary N) is 2. The summed E-state index contributed by atoms with van der Waals surface area (Å²) in [5.74, 6) is 1.11. The van der Waals surface area contributed by atoms with Gasteiger partial charge in [-0.2, -0.15) is 0 Å². The van der Waals surface area contributed by atoms with E-state index in [-0.39, 0.29) is 6.10 Å². The van der Waals surface area contributed by atoms with E-state index in [1.54, 1.807) is 13.0 Å². The highest BCUT2D eigenvalue weighted by atomic mass is 16.3. The molecule has 5 N–H and O–H groups in total. The Morgan fingerprint density at radius 1 is 1.47 bits per heavy atom. The van der Waals surface area contributed by atoms with Crippen LogP contribution in [0.3, 0.4) is 0 Å². The van der Waals surface area contributed by atoms with Crippen LogP contribution >= 0.6 is 0 Å². The van der Waals surface area contributed by atoms with Gasteiger partial charge in [-0.05, 0) is 25.5 Å². The third kappa shape index (κ3) is 3.28. The molecule has 0 spiro atoms.